The van der Waals surface area contributed by atoms with Gasteiger partial charge in [-0.1, -0.05) is 0 Å². The van der Waals surface area contributed by atoms with Gasteiger partial charge in [-0.3, -0.25) is 20.4 Å². The normalized spacial score (nSPS) is 10.6. The molecule has 0 aliphatic carbocycles. The van der Waals surface area contributed by atoms with Crippen LogP contribution >= 0.6 is 27.3 Å². The van der Waals surface area contributed by atoms with Gasteiger partial charge in [-0.15, -0.1) is 11.3 Å². The molecule has 2 rings (SSSR count). The second kappa shape index (κ2) is 7.14. The van der Waals surface area contributed by atoms with E-state index in [1.54, 1.807) is 6.08 Å². The Morgan fingerprint density at radius 2 is 1.81 bits per heavy atom. The van der Waals surface area contributed by atoms with Crippen molar-refractivity contribution in [3.8, 4) is 0 Å². The van der Waals surface area contributed by atoms with Crippen molar-refractivity contribution < 1.29 is 14.0 Å². The molecule has 0 saturated carbocycles. The van der Waals surface area contributed by atoms with Crippen LogP contribution < -0.4 is 10.9 Å². The molecule has 0 radical (unpaired) electrons. The van der Waals surface area contributed by atoms with Crippen LogP contribution in [0.5, 0.6) is 0 Å². The van der Waals surface area contributed by atoms with Crippen molar-refractivity contribution in [2.45, 2.75) is 0 Å². The molecule has 0 aliphatic heterocycles. The number of halogens is 2. The maximum Gasteiger partial charge on any atom is 0.269 e. The van der Waals surface area contributed by atoms with Crippen molar-refractivity contribution in [1.82, 2.24) is 10.9 Å². The van der Waals surface area contributed by atoms with Gasteiger partial charge in [0.05, 0.1) is 3.79 Å². The lowest BCUT2D eigenvalue weighted by molar-refractivity contribution is -0.117. The molecule has 0 unspecified atom stereocenters. The van der Waals surface area contributed by atoms with Crippen LogP contribution in [-0.2, 0) is 4.79 Å². The monoisotopic (exact) mass is 368 g/mol. The van der Waals surface area contributed by atoms with Crippen molar-refractivity contribution in [3.63, 3.8) is 0 Å². The summed E-state index contributed by atoms with van der Waals surface area (Å²) in [5.41, 5.74) is 4.74. The summed E-state index contributed by atoms with van der Waals surface area (Å²) in [6, 6.07) is 8.73. The Morgan fingerprint density at radius 1 is 1.10 bits per heavy atom. The zero-order chi connectivity index (χ0) is 15.2. The first kappa shape index (κ1) is 15.4. The number of hydrazine groups is 1. The fraction of sp³-hybridized carbons (Fsp3) is 0. The first-order valence-electron chi connectivity index (χ1n) is 5.84. The topological polar surface area (TPSA) is 58.2 Å². The summed E-state index contributed by atoms with van der Waals surface area (Å²) < 4.78 is 13.7. The minimum Gasteiger partial charge on any atom is -0.268 e. The van der Waals surface area contributed by atoms with Crippen LogP contribution in [0, 0.1) is 5.82 Å². The lowest BCUT2D eigenvalue weighted by Crippen LogP contribution is -2.40. The van der Waals surface area contributed by atoms with Gasteiger partial charge in [0.25, 0.3) is 11.8 Å². The largest absolute Gasteiger partial charge is 0.269 e. The van der Waals surface area contributed by atoms with Crippen LogP contribution in [0.15, 0.2) is 46.3 Å². The van der Waals surface area contributed by atoms with Crippen molar-refractivity contribution in [1.29, 1.82) is 0 Å². The molecule has 1 aromatic carbocycles. The second-order valence-corrected chi connectivity index (χ2v) is 6.42. The van der Waals surface area contributed by atoms with E-state index in [-0.39, 0.29) is 5.56 Å². The fourth-order valence-corrected chi connectivity index (χ4v) is 2.74. The number of hydrogen-bond acceptors (Lipinski definition) is 3. The Kier molecular flexibility index (Phi) is 5.24. The molecular weight excluding hydrogens is 359 g/mol. The van der Waals surface area contributed by atoms with Crippen molar-refractivity contribution in [2.75, 3.05) is 0 Å². The quantitative estimate of drug-likeness (QED) is 0.645. The first-order chi connectivity index (χ1) is 10.0. The molecule has 0 atom stereocenters. The molecule has 0 bridgehead atoms. The Morgan fingerprint density at radius 3 is 2.43 bits per heavy atom. The Hall–Kier alpha value is -1.99. The first-order valence-corrected chi connectivity index (χ1v) is 7.45. The summed E-state index contributed by atoms with van der Waals surface area (Å²) >= 11 is 4.80. The zero-order valence-corrected chi connectivity index (χ0v) is 13.0. The van der Waals surface area contributed by atoms with E-state index in [0.717, 1.165) is 8.66 Å². The molecule has 0 aliphatic rings. The summed E-state index contributed by atoms with van der Waals surface area (Å²) in [7, 11) is 0. The van der Waals surface area contributed by atoms with Crippen molar-refractivity contribution >= 4 is 45.2 Å². The number of nitrogens with one attached hydrogen (secondary N) is 2. The molecule has 108 valence electrons. The molecule has 4 nitrogen and oxygen atoms in total. The molecule has 7 heteroatoms. The highest BCUT2D eigenvalue weighted by Gasteiger charge is 2.05. The molecule has 0 fully saturated rings. The summed E-state index contributed by atoms with van der Waals surface area (Å²) in [6.07, 6.45) is 2.94. The van der Waals surface area contributed by atoms with E-state index in [1.807, 2.05) is 12.1 Å². The number of carbonyl (C=O) groups is 2. The van der Waals surface area contributed by atoms with E-state index in [0.29, 0.717) is 0 Å². The van der Waals surface area contributed by atoms with E-state index in [1.165, 1.54) is 41.7 Å². The summed E-state index contributed by atoms with van der Waals surface area (Å²) in [6.45, 7) is 0. The molecule has 1 aromatic heterocycles. The van der Waals surface area contributed by atoms with Crippen molar-refractivity contribution in [3.05, 3.63) is 62.5 Å². The highest BCUT2D eigenvalue weighted by atomic mass is 79.9. The SMILES string of the molecule is O=C(/C=C/c1ccc(Br)s1)NNC(=O)c1ccc(F)cc1. The molecule has 2 amide bonds. The summed E-state index contributed by atoms with van der Waals surface area (Å²) in [4.78, 5) is 24.1. The Labute approximate surface area is 132 Å². The van der Waals surface area contributed by atoms with Gasteiger partial charge in [-0.2, -0.15) is 0 Å². The predicted octanol–water partition coefficient (Wildman–Crippen LogP) is 3.12. The van der Waals surface area contributed by atoms with Gasteiger partial charge in [0.1, 0.15) is 5.82 Å². The average Bonchev–Trinajstić information content (AvgIpc) is 2.89. The van der Waals surface area contributed by atoms with Crippen LogP contribution in [-0.4, -0.2) is 11.8 Å². The second-order valence-electron chi connectivity index (χ2n) is 3.93. The highest BCUT2D eigenvalue weighted by Crippen LogP contribution is 2.22. The average molecular weight is 369 g/mol. The minimum atomic E-state index is -0.518. The Balaban J connectivity index is 1.85. The van der Waals surface area contributed by atoms with E-state index in [9.17, 15) is 14.0 Å². The number of benzene rings is 1. The third-order valence-corrected chi connectivity index (χ3v) is 3.99. The molecule has 1 heterocycles. The molecule has 2 aromatic rings. The lowest BCUT2D eigenvalue weighted by Gasteiger charge is -2.04. The third-order valence-electron chi connectivity index (χ3n) is 2.40. The fourth-order valence-electron chi connectivity index (χ4n) is 1.41. The van der Waals surface area contributed by atoms with Crippen LogP contribution in [0.2, 0.25) is 0 Å². The third kappa shape index (κ3) is 4.80. The number of amides is 2. The van der Waals surface area contributed by atoms with Crippen LogP contribution in [0.25, 0.3) is 6.08 Å². The van der Waals surface area contributed by atoms with Gasteiger partial charge in [0.15, 0.2) is 0 Å². The number of thiophene rings is 1. The van der Waals surface area contributed by atoms with E-state index in [2.05, 4.69) is 26.8 Å². The maximum absolute atomic E-state index is 12.7. The van der Waals surface area contributed by atoms with E-state index >= 15 is 0 Å². The van der Waals surface area contributed by atoms with Gasteiger partial charge in [-0.05, 0) is 58.4 Å². The maximum atomic E-state index is 12.7. The minimum absolute atomic E-state index is 0.253. The molecule has 21 heavy (non-hydrogen) atoms. The number of hydrogen-bond donors (Lipinski definition) is 2. The van der Waals surface area contributed by atoms with Gasteiger partial charge in [0, 0.05) is 16.5 Å². The molecule has 2 N–H and O–H groups in total. The highest BCUT2D eigenvalue weighted by molar-refractivity contribution is 9.11. The van der Waals surface area contributed by atoms with Crippen molar-refractivity contribution in [2.24, 2.45) is 0 Å². The number of carbonyl (C=O) groups excluding carboxylic acids is 2. The summed E-state index contributed by atoms with van der Waals surface area (Å²) in [5, 5.41) is 0. The van der Waals surface area contributed by atoms with Gasteiger partial charge in [-0.25, -0.2) is 4.39 Å². The summed E-state index contributed by atoms with van der Waals surface area (Å²) in [5.74, 6) is -1.41. The zero-order valence-electron chi connectivity index (χ0n) is 10.6. The van der Waals surface area contributed by atoms with Crippen LogP contribution in [0.3, 0.4) is 0 Å². The van der Waals surface area contributed by atoms with Crippen LogP contribution in [0.4, 0.5) is 4.39 Å². The smallest absolute Gasteiger partial charge is 0.268 e. The number of rotatable bonds is 3. The molecular formula is C14H10BrFN2O2S. The predicted molar refractivity (Wildman–Crippen MR) is 83.1 cm³/mol. The molecule has 0 spiro atoms. The lowest BCUT2D eigenvalue weighted by atomic mass is 10.2. The van der Waals surface area contributed by atoms with Gasteiger partial charge >= 0.3 is 0 Å². The van der Waals surface area contributed by atoms with E-state index in [4.69, 9.17) is 0 Å². The standard InChI is InChI=1S/C14H10BrFN2O2S/c15-12-7-5-11(21-12)6-8-13(19)17-18-14(20)9-1-3-10(16)4-2-9/h1-8H,(H,17,19)(H,18,20)/b8-6+. The molecule has 0 saturated heterocycles. The van der Waals surface area contributed by atoms with Crippen LogP contribution in [0.1, 0.15) is 15.2 Å². The Bertz CT molecular complexity index is 683. The van der Waals surface area contributed by atoms with Gasteiger partial charge in [0.2, 0.25) is 0 Å². The van der Waals surface area contributed by atoms with E-state index < -0.39 is 17.6 Å². The van der Waals surface area contributed by atoms with Gasteiger partial charge < -0.3 is 0 Å².